The Morgan fingerprint density at radius 1 is 1.14 bits per heavy atom. The minimum atomic E-state index is -0.738. The summed E-state index contributed by atoms with van der Waals surface area (Å²) in [6, 6.07) is 12.1. The summed E-state index contributed by atoms with van der Waals surface area (Å²) in [5.41, 5.74) is 0.774. The van der Waals surface area contributed by atoms with Gasteiger partial charge in [0.25, 0.3) is 5.91 Å². The predicted molar refractivity (Wildman–Crippen MR) is 107 cm³/mol. The molecule has 0 unspecified atom stereocenters. The molecule has 1 N–H and O–H groups in total. The van der Waals surface area contributed by atoms with Gasteiger partial charge in [-0.25, -0.2) is 4.39 Å². The van der Waals surface area contributed by atoms with Crippen LogP contribution in [0.2, 0.25) is 5.02 Å². The normalized spacial score (nSPS) is 11.8. The largest absolute Gasteiger partial charge is 0.481 e. The van der Waals surface area contributed by atoms with Crippen LogP contribution in [0, 0.1) is 5.82 Å². The fourth-order valence-electron chi connectivity index (χ4n) is 2.60. The smallest absolute Gasteiger partial charge is 0.261 e. The Morgan fingerprint density at radius 3 is 2.50 bits per heavy atom. The van der Waals surface area contributed by atoms with Crippen molar-refractivity contribution < 1.29 is 18.7 Å². The van der Waals surface area contributed by atoms with E-state index < -0.39 is 17.8 Å². The van der Waals surface area contributed by atoms with Crippen molar-refractivity contribution in [2.24, 2.45) is 0 Å². The molecule has 0 saturated heterocycles. The highest BCUT2D eigenvalue weighted by atomic mass is 35.5. The van der Waals surface area contributed by atoms with E-state index in [4.69, 9.17) is 16.3 Å². The van der Waals surface area contributed by atoms with Gasteiger partial charge in [-0.2, -0.15) is 0 Å². The molecule has 0 saturated carbocycles. The van der Waals surface area contributed by atoms with Crippen LogP contribution in [0.3, 0.4) is 0 Å². The van der Waals surface area contributed by atoms with Crippen LogP contribution in [0.4, 0.5) is 4.39 Å². The van der Waals surface area contributed by atoms with Crippen molar-refractivity contribution in [2.75, 3.05) is 6.61 Å². The summed E-state index contributed by atoms with van der Waals surface area (Å²) >= 11 is 6.03. The molecule has 2 aromatic rings. The maximum Gasteiger partial charge on any atom is 0.261 e. The number of carbonyl (C=O) groups excluding carboxylic acids is 2. The van der Waals surface area contributed by atoms with Crippen LogP contribution in [0.5, 0.6) is 5.75 Å². The number of rotatable bonds is 8. The first-order chi connectivity index (χ1) is 13.3. The highest BCUT2D eigenvalue weighted by molar-refractivity contribution is 6.30. The number of hydrogen-bond acceptors (Lipinski definition) is 3. The Kier molecular flexibility index (Phi) is 7.81. The highest BCUT2D eigenvalue weighted by Gasteiger charge is 2.27. The third-order valence-corrected chi connectivity index (χ3v) is 4.26. The average Bonchev–Trinajstić information content (AvgIpc) is 2.64. The average molecular weight is 407 g/mol. The maximum absolute atomic E-state index is 13.7. The van der Waals surface area contributed by atoms with E-state index in [0.717, 1.165) is 5.56 Å². The number of para-hydroxylation sites is 1. The van der Waals surface area contributed by atoms with Crippen molar-refractivity contribution in [3.63, 3.8) is 0 Å². The van der Waals surface area contributed by atoms with Crippen molar-refractivity contribution in [3.8, 4) is 5.75 Å². The van der Waals surface area contributed by atoms with Crippen LogP contribution >= 0.6 is 11.6 Å². The van der Waals surface area contributed by atoms with Gasteiger partial charge in [0.15, 0.2) is 18.2 Å². The molecule has 28 heavy (non-hydrogen) atoms. The van der Waals surface area contributed by atoms with Crippen molar-refractivity contribution in [1.82, 2.24) is 10.2 Å². The number of nitrogens with one attached hydrogen (secondary N) is 1. The molecule has 0 aliphatic heterocycles. The second-order valence-corrected chi connectivity index (χ2v) is 7.15. The molecule has 0 aromatic heterocycles. The van der Waals surface area contributed by atoms with Gasteiger partial charge >= 0.3 is 0 Å². The maximum atomic E-state index is 13.7. The predicted octanol–water partition coefficient (Wildman–Crippen LogP) is 3.80. The molecule has 2 rings (SSSR count). The molecule has 0 aliphatic carbocycles. The molecule has 2 aromatic carbocycles. The Bertz CT molecular complexity index is 829. The van der Waals surface area contributed by atoms with E-state index in [0.29, 0.717) is 5.02 Å². The summed E-state index contributed by atoms with van der Waals surface area (Å²) in [4.78, 5) is 26.7. The van der Waals surface area contributed by atoms with E-state index in [2.05, 4.69) is 5.32 Å². The van der Waals surface area contributed by atoms with E-state index >= 15 is 0 Å². The van der Waals surface area contributed by atoms with Crippen LogP contribution in [0.25, 0.3) is 0 Å². The molecule has 2 amide bonds. The molecule has 5 nitrogen and oxygen atoms in total. The number of amides is 2. The van der Waals surface area contributed by atoms with Gasteiger partial charge in [-0.3, -0.25) is 9.59 Å². The third kappa shape index (κ3) is 6.23. The minimum absolute atomic E-state index is 0.0159. The zero-order valence-corrected chi connectivity index (χ0v) is 16.9. The molecule has 0 heterocycles. The molecule has 150 valence electrons. The van der Waals surface area contributed by atoms with Crippen LogP contribution in [-0.4, -0.2) is 35.4 Å². The number of ether oxygens (including phenoxy) is 1. The number of benzene rings is 2. The van der Waals surface area contributed by atoms with Crippen LogP contribution in [0.1, 0.15) is 26.3 Å². The first-order valence-corrected chi connectivity index (χ1v) is 9.37. The van der Waals surface area contributed by atoms with Crippen molar-refractivity contribution in [2.45, 2.75) is 39.4 Å². The van der Waals surface area contributed by atoms with Gasteiger partial charge in [-0.05, 0) is 50.6 Å². The van der Waals surface area contributed by atoms with Gasteiger partial charge in [0.2, 0.25) is 5.91 Å². The lowest BCUT2D eigenvalue weighted by Crippen LogP contribution is -2.50. The molecule has 0 spiro atoms. The van der Waals surface area contributed by atoms with E-state index in [-0.39, 0.29) is 30.9 Å². The number of carbonyl (C=O) groups is 2. The van der Waals surface area contributed by atoms with E-state index in [1.165, 1.54) is 23.1 Å². The zero-order chi connectivity index (χ0) is 20.7. The molecule has 0 radical (unpaired) electrons. The molecule has 0 aliphatic rings. The fraction of sp³-hybridized carbons (Fsp3) is 0.333. The topological polar surface area (TPSA) is 58.6 Å². The van der Waals surface area contributed by atoms with Crippen molar-refractivity contribution in [1.29, 1.82) is 0 Å². The quantitative estimate of drug-likeness (QED) is 0.725. The number of halogens is 2. The molecule has 0 fully saturated rings. The van der Waals surface area contributed by atoms with Gasteiger partial charge < -0.3 is 15.0 Å². The third-order valence-electron chi connectivity index (χ3n) is 4.03. The van der Waals surface area contributed by atoms with Crippen LogP contribution in [0.15, 0.2) is 48.5 Å². The lowest BCUT2D eigenvalue weighted by molar-refractivity contribution is -0.142. The summed E-state index contributed by atoms with van der Waals surface area (Å²) in [7, 11) is 0. The Labute approximate surface area is 169 Å². The molecular weight excluding hydrogens is 383 g/mol. The molecule has 0 bridgehead atoms. The highest BCUT2D eigenvalue weighted by Crippen LogP contribution is 2.17. The van der Waals surface area contributed by atoms with Gasteiger partial charge in [0.05, 0.1) is 0 Å². The van der Waals surface area contributed by atoms with E-state index in [1.807, 2.05) is 19.9 Å². The Hall–Kier alpha value is -2.60. The van der Waals surface area contributed by atoms with Gasteiger partial charge in [-0.15, -0.1) is 0 Å². The Balaban J connectivity index is 2.17. The zero-order valence-electron chi connectivity index (χ0n) is 16.1. The van der Waals surface area contributed by atoms with E-state index in [9.17, 15) is 14.0 Å². The second-order valence-electron chi connectivity index (χ2n) is 6.71. The summed E-state index contributed by atoms with van der Waals surface area (Å²) < 4.78 is 19.1. The van der Waals surface area contributed by atoms with Crippen LogP contribution < -0.4 is 10.1 Å². The van der Waals surface area contributed by atoms with E-state index in [1.54, 1.807) is 31.2 Å². The lowest BCUT2D eigenvalue weighted by Gasteiger charge is -2.29. The molecule has 1 atom stereocenters. The van der Waals surface area contributed by atoms with Crippen molar-refractivity contribution >= 4 is 23.4 Å². The Morgan fingerprint density at radius 2 is 1.86 bits per heavy atom. The fourth-order valence-corrected chi connectivity index (χ4v) is 2.82. The molecule has 7 heteroatoms. The molecular formula is C21H24ClFN2O3. The monoisotopic (exact) mass is 406 g/mol. The first kappa shape index (κ1) is 21.7. The standard InChI is InChI=1S/C21H24ClFN2O3/c1-14(2)24-21(27)15(3)25(12-16-7-6-8-17(22)11-16)20(26)13-28-19-10-5-4-9-18(19)23/h4-11,14-15H,12-13H2,1-3H3,(H,24,27)/t15-/m0/s1. The summed E-state index contributed by atoms with van der Waals surface area (Å²) in [5.74, 6) is -1.29. The summed E-state index contributed by atoms with van der Waals surface area (Å²) in [5, 5.41) is 3.33. The van der Waals surface area contributed by atoms with Crippen molar-refractivity contribution in [3.05, 3.63) is 64.9 Å². The van der Waals surface area contributed by atoms with Gasteiger partial charge in [0, 0.05) is 17.6 Å². The minimum Gasteiger partial charge on any atom is -0.481 e. The SMILES string of the molecule is CC(C)NC(=O)[C@H](C)N(Cc1cccc(Cl)c1)C(=O)COc1ccccc1F. The number of hydrogen-bond donors (Lipinski definition) is 1. The van der Waals surface area contributed by atoms with Gasteiger partial charge in [-0.1, -0.05) is 35.9 Å². The lowest BCUT2D eigenvalue weighted by atomic mass is 10.1. The second kappa shape index (κ2) is 10.1. The first-order valence-electron chi connectivity index (χ1n) is 8.99. The van der Waals surface area contributed by atoms with Gasteiger partial charge in [0.1, 0.15) is 6.04 Å². The summed E-state index contributed by atoms with van der Waals surface area (Å²) in [6.45, 7) is 5.11. The summed E-state index contributed by atoms with van der Waals surface area (Å²) in [6.07, 6.45) is 0. The van der Waals surface area contributed by atoms with Crippen LogP contribution in [-0.2, 0) is 16.1 Å². The number of nitrogens with zero attached hydrogens (tertiary/aromatic N) is 1.